The van der Waals surface area contributed by atoms with E-state index in [-0.39, 0.29) is 0 Å². The van der Waals surface area contributed by atoms with Gasteiger partial charge in [-0.25, -0.2) is 4.98 Å². The first-order valence-electron chi connectivity index (χ1n) is 8.13. The average molecular weight is 324 g/mol. The number of para-hydroxylation sites is 1. The van der Waals surface area contributed by atoms with Gasteiger partial charge in [0.1, 0.15) is 0 Å². The van der Waals surface area contributed by atoms with Crippen LogP contribution in [0.15, 0.2) is 30.3 Å². The number of aryl methyl sites for hydroxylation is 1. The van der Waals surface area contributed by atoms with E-state index in [1.165, 1.54) is 0 Å². The van der Waals surface area contributed by atoms with Crippen molar-refractivity contribution in [3.05, 3.63) is 41.7 Å². The summed E-state index contributed by atoms with van der Waals surface area (Å²) in [6, 6.07) is 9.96. The van der Waals surface area contributed by atoms with E-state index in [4.69, 9.17) is 5.73 Å². The molecule has 24 heavy (non-hydrogen) atoms. The minimum absolute atomic E-state index is 0.427. The van der Waals surface area contributed by atoms with Crippen LogP contribution in [0.4, 0.5) is 11.9 Å². The zero-order valence-corrected chi connectivity index (χ0v) is 13.6. The van der Waals surface area contributed by atoms with Crippen molar-refractivity contribution in [2.45, 2.75) is 25.7 Å². The number of H-pyrrole nitrogens is 1. The Morgan fingerprint density at radius 3 is 2.58 bits per heavy atom. The molecule has 4 rings (SSSR count). The lowest BCUT2D eigenvalue weighted by atomic mass is 9.93. The molecule has 1 saturated heterocycles. The van der Waals surface area contributed by atoms with Gasteiger partial charge in [0.15, 0.2) is 5.95 Å². The summed E-state index contributed by atoms with van der Waals surface area (Å²) in [5, 5.41) is 12.2. The number of hydrogen-bond acceptors (Lipinski definition) is 6. The maximum atomic E-state index is 5.77. The highest BCUT2D eigenvalue weighted by atomic mass is 15.6. The first-order chi connectivity index (χ1) is 11.7. The number of anilines is 2. The molecule has 3 aromatic rings. The Bertz CT molecular complexity index is 814. The fourth-order valence-corrected chi connectivity index (χ4v) is 3.36. The molecule has 3 heterocycles. The van der Waals surface area contributed by atoms with Gasteiger partial charge in [-0.3, -0.25) is 0 Å². The summed E-state index contributed by atoms with van der Waals surface area (Å²) in [6.45, 7) is 3.81. The molecule has 8 nitrogen and oxygen atoms in total. The predicted octanol–water partition coefficient (Wildman–Crippen LogP) is 1.66. The monoisotopic (exact) mass is 324 g/mol. The Balaban J connectivity index is 1.51. The largest absolute Gasteiger partial charge is 0.369 e. The zero-order valence-electron chi connectivity index (χ0n) is 13.6. The molecule has 0 unspecified atom stereocenters. The summed E-state index contributed by atoms with van der Waals surface area (Å²) in [5.41, 5.74) is 8.90. The van der Waals surface area contributed by atoms with E-state index < -0.39 is 0 Å². The van der Waals surface area contributed by atoms with Crippen molar-refractivity contribution < 1.29 is 0 Å². The molecule has 1 aliphatic rings. The molecule has 0 saturated carbocycles. The molecule has 0 amide bonds. The van der Waals surface area contributed by atoms with Crippen LogP contribution >= 0.6 is 0 Å². The maximum Gasteiger partial charge on any atom is 0.250 e. The summed E-state index contributed by atoms with van der Waals surface area (Å²) >= 11 is 0. The van der Waals surface area contributed by atoms with Gasteiger partial charge in [-0.05, 0) is 42.3 Å². The minimum atomic E-state index is 0.427. The summed E-state index contributed by atoms with van der Waals surface area (Å²) in [5.74, 6) is 1.71. The number of hydrogen-bond donors (Lipinski definition) is 2. The molecule has 0 atom stereocenters. The van der Waals surface area contributed by atoms with Crippen LogP contribution in [0.3, 0.4) is 0 Å². The number of aromatic nitrogens is 6. The third-order valence-electron chi connectivity index (χ3n) is 4.56. The fourth-order valence-electron chi connectivity index (χ4n) is 3.36. The van der Waals surface area contributed by atoms with Crippen LogP contribution in [0.2, 0.25) is 0 Å². The Hall–Kier alpha value is -2.90. The molecule has 1 aromatic carbocycles. The van der Waals surface area contributed by atoms with Crippen molar-refractivity contribution >= 4 is 11.9 Å². The van der Waals surface area contributed by atoms with E-state index in [9.17, 15) is 0 Å². The van der Waals surface area contributed by atoms with E-state index in [1.54, 1.807) is 4.68 Å². The highest BCUT2D eigenvalue weighted by molar-refractivity contribution is 5.41. The van der Waals surface area contributed by atoms with Crippen molar-refractivity contribution in [2.75, 3.05) is 23.7 Å². The van der Waals surface area contributed by atoms with E-state index in [2.05, 4.69) is 30.4 Å². The number of tetrazole rings is 1. The van der Waals surface area contributed by atoms with Crippen molar-refractivity contribution in [1.82, 2.24) is 30.2 Å². The average Bonchev–Trinajstić information content (AvgIpc) is 3.22. The lowest BCUT2D eigenvalue weighted by Gasteiger charge is -2.31. The molecule has 124 valence electrons. The quantitative estimate of drug-likeness (QED) is 0.760. The topological polar surface area (TPSA) is 102 Å². The van der Waals surface area contributed by atoms with Crippen LogP contribution in [0.5, 0.6) is 0 Å². The first kappa shape index (κ1) is 14.7. The number of piperidine rings is 1. The lowest BCUT2D eigenvalue weighted by Crippen LogP contribution is -2.35. The minimum Gasteiger partial charge on any atom is -0.369 e. The molecule has 0 spiro atoms. The summed E-state index contributed by atoms with van der Waals surface area (Å²) in [6.07, 6.45) is 2.01. The number of imidazole rings is 1. The van der Waals surface area contributed by atoms with Gasteiger partial charge < -0.3 is 15.6 Å². The molecule has 3 N–H and O–H groups in total. The van der Waals surface area contributed by atoms with Crippen molar-refractivity contribution in [2.24, 2.45) is 0 Å². The van der Waals surface area contributed by atoms with E-state index in [0.29, 0.717) is 11.9 Å². The maximum absolute atomic E-state index is 5.77. The standard InChI is InChI=1S/C16H20N8/c1-11-14(19-15(17)18-11)12-7-9-23(10-8-12)16-20-21-22-24(16)13-5-3-2-4-6-13/h2-6,12H,7-10H2,1H3,(H3,17,18,19). The Labute approximate surface area is 139 Å². The van der Waals surface area contributed by atoms with E-state index in [1.807, 2.05) is 37.3 Å². The van der Waals surface area contributed by atoms with Gasteiger partial charge in [-0.1, -0.05) is 23.3 Å². The van der Waals surface area contributed by atoms with Crippen LogP contribution < -0.4 is 10.6 Å². The fraction of sp³-hybridized carbons (Fsp3) is 0.375. The molecule has 0 bridgehead atoms. The number of nitrogens with zero attached hydrogens (tertiary/aromatic N) is 6. The number of nitrogens with two attached hydrogens (primary N) is 1. The Kier molecular flexibility index (Phi) is 3.64. The van der Waals surface area contributed by atoms with Gasteiger partial charge in [0.25, 0.3) is 0 Å². The lowest BCUT2D eigenvalue weighted by molar-refractivity contribution is 0.488. The third kappa shape index (κ3) is 2.60. The molecule has 1 fully saturated rings. The van der Waals surface area contributed by atoms with Gasteiger partial charge in [-0.2, -0.15) is 4.68 Å². The summed E-state index contributed by atoms with van der Waals surface area (Å²) < 4.78 is 1.79. The summed E-state index contributed by atoms with van der Waals surface area (Å²) in [7, 11) is 0. The molecular formula is C16H20N8. The zero-order chi connectivity index (χ0) is 16.5. The van der Waals surface area contributed by atoms with Crippen LogP contribution in [0.25, 0.3) is 5.69 Å². The van der Waals surface area contributed by atoms with E-state index >= 15 is 0 Å². The van der Waals surface area contributed by atoms with Crippen LogP contribution in [-0.2, 0) is 0 Å². The van der Waals surface area contributed by atoms with Crippen molar-refractivity contribution in [1.29, 1.82) is 0 Å². The second-order valence-corrected chi connectivity index (χ2v) is 6.12. The van der Waals surface area contributed by atoms with Crippen LogP contribution in [-0.4, -0.2) is 43.3 Å². The second kappa shape index (κ2) is 5.95. The second-order valence-electron chi connectivity index (χ2n) is 6.12. The Morgan fingerprint density at radius 2 is 1.92 bits per heavy atom. The third-order valence-corrected chi connectivity index (χ3v) is 4.56. The van der Waals surface area contributed by atoms with Gasteiger partial charge in [0, 0.05) is 24.7 Å². The summed E-state index contributed by atoms with van der Waals surface area (Å²) in [4.78, 5) is 9.77. The van der Waals surface area contributed by atoms with Gasteiger partial charge >= 0.3 is 0 Å². The number of rotatable bonds is 3. The highest BCUT2D eigenvalue weighted by Gasteiger charge is 2.27. The number of nitrogen functional groups attached to an aromatic ring is 1. The predicted molar refractivity (Wildman–Crippen MR) is 91.1 cm³/mol. The highest BCUT2D eigenvalue weighted by Crippen LogP contribution is 2.31. The molecular weight excluding hydrogens is 304 g/mol. The van der Waals surface area contributed by atoms with Crippen molar-refractivity contribution in [3.8, 4) is 5.69 Å². The van der Waals surface area contributed by atoms with Gasteiger partial charge in [0.2, 0.25) is 5.95 Å². The number of nitrogens with one attached hydrogen (secondary N) is 1. The van der Waals surface area contributed by atoms with Gasteiger partial charge in [0.05, 0.1) is 11.4 Å². The molecule has 1 aliphatic heterocycles. The van der Waals surface area contributed by atoms with Crippen LogP contribution in [0.1, 0.15) is 30.1 Å². The van der Waals surface area contributed by atoms with Crippen LogP contribution in [0, 0.1) is 6.92 Å². The van der Waals surface area contributed by atoms with E-state index in [0.717, 1.165) is 49.0 Å². The first-order valence-corrected chi connectivity index (χ1v) is 8.13. The normalized spacial score (nSPS) is 15.8. The van der Waals surface area contributed by atoms with Crippen molar-refractivity contribution in [3.63, 3.8) is 0 Å². The molecule has 0 aliphatic carbocycles. The Morgan fingerprint density at radius 1 is 1.17 bits per heavy atom. The molecule has 8 heteroatoms. The number of aromatic amines is 1. The number of benzene rings is 1. The van der Waals surface area contributed by atoms with Gasteiger partial charge in [-0.15, -0.1) is 0 Å². The smallest absolute Gasteiger partial charge is 0.250 e. The molecule has 0 radical (unpaired) electrons. The molecule has 2 aromatic heterocycles. The SMILES string of the molecule is Cc1[nH]c(N)nc1C1CCN(c2nnnn2-c2ccccc2)CC1.